The van der Waals surface area contributed by atoms with E-state index in [0.29, 0.717) is 28.9 Å². The zero-order valence-electron chi connectivity index (χ0n) is 19.4. The third kappa shape index (κ3) is 6.94. The van der Waals surface area contributed by atoms with Crippen molar-refractivity contribution in [3.05, 3.63) is 63.4 Å². The molecule has 2 aliphatic rings. The van der Waals surface area contributed by atoms with Crippen LogP contribution in [0, 0.1) is 23.1 Å². The van der Waals surface area contributed by atoms with Gasteiger partial charge in [-0.25, -0.2) is 17.5 Å². The highest BCUT2D eigenvalue weighted by atomic mass is 35.5. The minimum absolute atomic E-state index is 0.188. The van der Waals surface area contributed by atoms with E-state index in [9.17, 15) is 17.6 Å². The molecule has 1 aliphatic heterocycles. The first-order valence-electron chi connectivity index (χ1n) is 11.5. The highest BCUT2D eigenvalue weighted by Gasteiger charge is 2.30. The van der Waals surface area contributed by atoms with Crippen LogP contribution < -0.4 is 9.46 Å². The Hall–Kier alpha value is -2.67. The Morgan fingerprint density at radius 3 is 2.54 bits per heavy atom. The van der Waals surface area contributed by atoms with Gasteiger partial charge in [-0.05, 0) is 86.0 Å². The zero-order chi connectivity index (χ0) is 25.2. The Morgan fingerprint density at radius 2 is 1.91 bits per heavy atom. The number of benzene rings is 2. The van der Waals surface area contributed by atoms with Crippen LogP contribution in [-0.2, 0) is 16.6 Å². The number of halogens is 2. The minimum Gasteiger partial charge on any atom is -0.493 e. The molecule has 1 saturated carbocycles. The molecule has 10 heteroatoms. The molecule has 0 unspecified atom stereocenters. The molecule has 2 aromatic carbocycles. The van der Waals surface area contributed by atoms with Gasteiger partial charge in [0.25, 0.3) is 5.91 Å². The molecule has 0 aromatic heterocycles. The lowest BCUT2D eigenvalue weighted by molar-refractivity contribution is 0.0977. The second kappa shape index (κ2) is 10.5. The van der Waals surface area contributed by atoms with Crippen molar-refractivity contribution in [2.75, 3.05) is 26.0 Å². The monoisotopic (exact) mass is 519 g/mol. The van der Waals surface area contributed by atoms with Gasteiger partial charge in [0.2, 0.25) is 10.0 Å². The van der Waals surface area contributed by atoms with Gasteiger partial charge >= 0.3 is 0 Å². The standard InChI is InChI=1S/C25H27ClFN3O4S/c1-35(32,33)29-25(31)22-11-21(19-2-3-19)24(12-23(22)27)34-15-16-4-6-30(7-5-16)14-18-8-17(13-28)9-20(26)10-18/h8-12,16,19H,2-7,14-15H2,1H3,(H,29,31). The molecule has 1 aliphatic carbocycles. The molecule has 1 N–H and O–H groups in total. The normalized spacial score (nSPS) is 17.1. The largest absolute Gasteiger partial charge is 0.493 e. The van der Waals surface area contributed by atoms with Crippen molar-refractivity contribution in [2.24, 2.45) is 5.92 Å². The molecule has 0 radical (unpaired) electrons. The van der Waals surface area contributed by atoms with Crippen LogP contribution in [-0.4, -0.2) is 45.2 Å². The Morgan fingerprint density at radius 1 is 1.20 bits per heavy atom. The molecule has 35 heavy (non-hydrogen) atoms. The van der Waals surface area contributed by atoms with Crippen LogP contribution in [0.3, 0.4) is 0 Å². The number of hydrogen-bond acceptors (Lipinski definition) is 6. The summed E-state index contributed by atoms with van der Waals surface area (Å²) in [4.78, 5) is 14.5. The third-order valence-corrected chi connectivity index (χ3v) is 7.09. The number of sulfonamides is 1. The first-order chi connectivity index (χ1) is 16.6. The summed E-state index contributed by atoms with van der Waals surface area (Å²) in [5, 5.41) is 9.69. The van der Waals surface area contributed by atoms with Crippen molar-refractivity contribution in [3.8, 4) is 11.8 Å². The molecular weight excluding hydrogens is 493 g/mol. The van der Waals surface area contributed by atoms with Crippen molar-refractivity contribution in [1.29, 1.82) is 5.26 Å². The molecular formula is C25H27ClFN3O4S. The van der Waals surface area contributed by atoms with E-state index in [1.54, 1.807) is 6.07 Å². The average molecular weight is 520 g/mol. The van der Waals surface area contributed by atoms with Gasteiger partial charge in [-0.3, -0.25) is 9.69 Å². The van der Waals surface area contributed by atoms with Gasteiger partial charge in [0.05, 0.1) is 30.1 Å². The molecule has 7 nitrogen and oxygen atoms in total. The van der Waals surface area contributed by atoms with Crippen molar-refractivity contribution in [1.82, 2.24) is 9.62 Å². The van der Waals surface area contributed by atoms with Gasteiger partial charge in [0.1, 0.15) is 11.6 Å². The molecule has 186 valence electrons. The number of piperidine rings is 1. The summed E-state index contributed by atoms with van der Waals surface area (Å²) >= 11 is 6.11. The summed E-state index contributed by atoms with van der Waals surface area (Å²) < 4.78 is 45.3. The maximum Gasteiger partial charge on any atom is 0.267 e. The topological polar surface area (TPSA) is 99.5 Å². The number of likely N-dealkylation sites (tertiary alicyclic amines) is 1. The third-order valence-electron chi connectivity index (χ3n) is 6.31. The number of amides is 1. The Labute approximate surface area is 209 Å². The van der Waals surface area contributed by atoms with E-state index in [1.807, 2.05) is 16.9 Å². The maximum absolute atomic E-state index is 14.7. The van der Waals surface area contributed by atoms with Gasteiger partial charge in [0, 0.05) is 17.6 Å². The molecule has 0 atom stereocenters. The number of carbonyl (C=O) groups is 1. The maximum atomic E-state index is 14.7. The molecule has 1 heterocycles. The van der Waals surface area contributed by atoms with E-state index in [0.717, 1.165) is 62.7 Å². The number of hydrogen-bond donors (Lipinski definition) is 1. The quantitative estimate of drug-likeness (QED) is 0.561. The number of nitriles is 1. The first-order valence-corrected chi connectivity index (χ1v) is 13.8. The first kappa shape index (κ1) is 25.4. The van der Waals surface area contributed by atoms with Crippen LogP contribution in [0.1, 0.15) is 58.6 Å². The van der Waals surface area contributed by atoms with Crippen LogP contribution in [0.4, 0.5) is 4.39 Å². The second-order valence-corrected chi connectivity index (χ2v) is 11.5. The van der Waals surface area contributed by atoms with Gasteiger partial charge in [0.15, 0.2) is 0 Å². The van der Waals surface area contributed by atoms with Crippen LogP contribution in [0.5, 0.6) is 5.75 Å². The van der Waals surface area contributed by atoms with Crippen molar-refractivity contribution in [2.45, 2.75) is 38.1 Å². The van der Waals surface area contributed by atoms with Crippen LogP contribution in [0.2, 0.25) is 5.02 Å². The Balaban J connectivity index is 1.35. The van der Waals surface area contributed by atoms with Gasteiger partial charge in [-0.1, -0.05) is 11.6 Å². The Bertz CT molecular complexity index is 1270. The van der Waals surface area contributed by atoms with Gasteiger partial charge < -0.3 is 4.74 Å². The summed E-state index contributed by atoms with van der Waals surface area (Å²) in [5.74, 6) is -0.867. The lowest BCUT2D eigenvalue weighted by Crippen LogP contribution is -2.35. The van der Waals surface area contributed by atoms with E-state index < -0.39 is 21.7 Å². The van der Waals surface area contributed by atoms with Crippen LogP contribution in [0.15, 0.2) is 30.3 Å². The van der Waals surface area contributed by atoms with Crippen molar-refractivity contribution >= 4 is 27.5 Å². The lowest BCUT2D eigenvalue weighted by Gasteiger charge is -2.32. The zero-order valence-corrected chi connectivity index (χ0v) is 21.0. The average Bonchev–Trinajstić information content (AvgIpc) is 3.62. The Kier molecular flexibility index (Phi) is 7.64. The fourth-order valence-corrected chi connectivity index (χ4v) is 5.10. The molecule has 2 aromatic rings. The summed E-state index contributed by atoms with van der Waals surface area (Å²) in [7, 11) is -3.79. The summed E-state index contributed by atoms with van der Waals surface area (Å²) in [6.07, 6.45) is 4.53. The molecule has 4 rings (SSSR count). The van der Waals surface area contributed by atoms with Crippen molar-refractivity contribution in [3.63, 3.8) is 0 Å². The van der Waals surface area contributed by atoms with Gasteiger partial charge in [-0.2, -0.15) is 5.26 Å². The minimum atomic E-state index is -3.79. The molecule has 0 spiro atoms. The van der Waals surface area contributed by atoms with Crippen LogP contribution >= 0.6 is 11.6 Å². The van der Waals surface area contributed by atoms with E-state index >= 15 is 0 Å². The fourth-order valence-electron chi connectivity index (χ4n) is 4.39. The highest BCUT2D eigenvalue weighted by molar-refractivity contribution is 7.89. The highest BCUT2D eigenvalue weighted by Crippen LogP contribution is 2.45. The predicted molar refractivity (Wildman–Crippen MR) is 130 cm³/mol. The summed E-state index contributed by atoms with van der Waals surface area (Å²) in [6, 6.07) is 10.1. The fraction of sp³-hybridized carbons (Fsp3) is 0.440. The van der Waals surface area contributed by atoms with E-state index in [2.05, 4.69) is 11.0 Å². The molecule has 0 bridgehead atoms. The van der Waals surface area contributed by atoms with E-state index in [-0.39, 0.29) is 11.5 Å². The van der Waals surface area contributed by atoms with Crippen molar-refractivity contribution < 1.29 is 22.3 Å². The van der Waals surface area contributed by atoms with E-state index in [4.69, 9.17) is 21.6 Å². The number of nitrogens with zero attached hydrogens (tertiary/aromatic N) is 2. The number of ether oxygens (including phenoxy) is 1. The number of rotatable bonds is 8. The molecule has 1 saturated heterocycles. The number of nitrogens with one attached hydrogen (secondary N) is 1. The van der Waals surface area contributed by atoms with E-state index in [1.165, 1.54) is 12.1 Å². The molecule has 1 amide bonds. The summed E-state index contributed by atoms with van der Waals surface area (Å²) in [6.45, 7) is 2.90. The van der Waals surface area contributed by atoms with Gasteiger partial charge in [-0.15, -0.1) is 0 Å². The number of carbonyl (C=O) groups excluding carboxylic acids is 1. The summed E-state index contributed by atoms with van der Waals surface area (Å²) in [5.41, 5.74) is 2.01. The SMILES string of the molecule is CS(=O)(=O)NC(=O)c1cc(C2CC2)c(OCC2CCN(Cc3cc(Cl)cc(C#N)c3)CC2)cc1F. The lowest BCUT2D eigenvalue weighted by atomic mass is 9.97. The smallest absolute Gasteiger partial charge is 0.267 e. The predicted octanol–water partition coefficient (Wildman–Crippen LogP) is 4.21. The van der Waals surface area contributed by atoms with Crippen LogP contribution in [0.25, 0.3) is 0 Å². The molecule has 2 fully saturated rings. The second-order valence-electron chi connectivity index (χ2n) is 9.34.